The van der Waals surface area contributed by atoms with Gasteiger partial charge in [0.05, 0.1) is 44.2 Å². The highest BCUT2D eigenvalue weighted by molar-refractivity contribution is 14.1. The first-order valence-corrected chi connectivity index (χ1v) is 22.5. The van der Waals surface area contributed by atoms with Crippen molar-refractivity contribution in [2.45, 2.75) is 53.0 Å². The van der Waals surface area contributed by atoms with E-state index in [0.29, 0.717) is 26.9 Å². The van der Waals surface area contributed by atoms with Gasteiger partial charge in [0.15, 0.2) is 0 Å². The number of morpholine rings is 1. The summed E-state index contributed by atoms with van der Waals surface area (Å²) in [5, 5.41) is 6.94. The molecule has 9 rings (SSSR count). The van der Waals surface area contributed by atoms with E-state index in [9.17, 15) is 35.6 Å². The van der Waals surface area contributed by atoms with Crippen molar-refractivity contribution < 1.29 is 44.3 Å². The number of rotatable bonds is 11. The number of halogens is 8. The topological polar surface area (TPSA) is 128 Å². The Morgan fingerprint density at radius 2 is 1.70 bits per heavy atom. The molecule has 0 bridgehead atoms. The Bertz CT molecular complexity index is 3000. The molecule has 2 aliphatic carbocycles. The van der Waals surface area contributed by atoms with Crippen molar-refractivity contribution >= 4 is 61.0 Å². The Balaban J connectivity index is 1.19. The Kier molecular flexibility index (Phi) is 11.0. The number of aromatic nitrogens is 4. The van der Waals surface area contributed by atoms with Gasteiger partial charge in [-0.1, -0.05) is 52.4 Å². The van der Waals surface area contributed by atoms with E-state index in [0.717, 1.165) is 22.3 Å². The smallest absolute Gasteiger partial charge is 0.294 e. The largest absolute Gasteiger partial charge is 0.379 e. The van der Waals surface area contributed by atoms with Crippen LogP contribution in [0.3, 0.4) is 0 Å². The van der Waals surface area contributed by atoms with Crippen molar-refractivity contribution in [3.05, 3.63) is 140 Å². The Labute approximate surface area is 374 Å². The molecule has 1 N–H and O–H groups in total. The minimum atomic E-state index is -3.98. The van der Waals surface area contributed by atoms with E-state index < -0.39 is 85.2 Å². The van der Waals surface area contributed by atoms with Crippen molar-refractivity contribution in [1.29, 1.82) is 0 Å². The first-order valence-electron chi connectivity index (χ1n) is 19.6. The van der Waals surface area contributed by atoms with Crippen LogP contribution in [0.15, 0.2) is 88.6 Å². The predicted molar refractivity (Wildman–Crippen MR) is 228 cm³/mol. The highest BCUT2D eigenvalue weighted by Crippen LogP contribution is 2.75. The maximum Gasteiger partial charge on any atom is 0.294 e. The molecule has 4 aromatic carbocycles. The number of sulfonamides is 1. The van der Waals surface area contributed by atoms with Gasteiger partial charge in [-0.2, -0.15) is 18.2 Å². The fraction of sp³-hybridized carbons (Fsp3) is 0.302. The first-order chi connectivity index (χ1) is 29.9. The van der Waals surface area contributed by atoms with Gasteiger partial charge in [0.2, 0.25) is 15.9 Å². The molecule has 1 saturated heterocycles. The summed E-state index contributed by atoms with van der Waals surface area (Å²) >= 11 is 8.35. The second-order valence-corrected chi connectivity index (χ2v) is 20.0. The number of fused-ring (bicyclic) bond motifs is 4. The third-order valence-corrected chi connectivity index (χ3v) is 15.5. The fourth-order valence-electron chi connectivity index (χ4n) is 8.55. The van der Waals surface area contributed by atoms with Crippen molar-refractivity contribution in [3.63, 3.8) is 0 Å². The number of alkyl halides is 5. The number of nitrogens with zero attached hydrogens (tertiary/aromatic N) is 5. The van der Waals surface area contributed by atoms with Gasteiger partial charge in [-0.15, -0.1) is 0 Å². The fourth-order valence-corrected chi connectivity index (χ4v) is 11.7. The number of amides is 1. The Morgan fingerprint density at radius 1 is 1.00 bits per heavy atom. The van der Waals surface area contributed by atoms with Crippen LogP contribution in [0.2, 0.25) is 5.02 Å². The minimum absolute atomic E-state index is 0.00993. The van der Waals surface area contributed by atoms with E-state index >= 15 is 8.78 Å². The van der Waals surface area contributed by atoms with Crippen LogP contribution in [0.4, 0.5) is 26.3 Å². The van der Waals surface area contributed by atoms with Crippen LogP contribution in [-0.4, -0.2) is 64.3 Å². The molecular formula is C43H34ClF6IN6O5S. The summed E-state index contributed by atoms with van der Waals surface area (Å²) in [6.07, 6.45) is -3.69. The molecule has 328 valence electrons. The minimum Gasteiger partial charge on any atom is -0.379 e. The van der Waals surface area contributed by atoms with Crippen molar-refractivity contribution in [2.24, 2.45) is 5.92 Å². The summed E-state index contributed by atoms with van der Waals surface area (Å²) in [4.78, 5) is 33.7. The lowest BCUT2D eigenvalue weighted by molar-refractivity contribution is -0.123. The summed E-state index contributed by atoms with van der Waals surface area (Å²) in [5.74, 6) is -8.00. The number of aryl methyl sites for hydroxylation is 1. The maximum atomic E-state index is 15.7. The normalized spacial score (nSPS) is 19.9. The molecule has 3 heterocycles. The number of nitrogens with one attached hydrogen (secondary N) is 1. The number of hydrogen-bond donors (Lipinski definition) is 1. The molecule has 1 saturated carbocycles. The predicted octanol–water partition coefficient (Wildman–Crippen LogP) is 8.30. The van der Waals surface area contributed by atoms with Gasteiger partial charge >= 0.3 is 0 Å². The summed E-state index contributed by atoms with van der Waals surface area (Å²) in [6.45, 7) is 1.56. The van der Waals surface area contributed by atoms with Crippen LogP contribution in [0.1, 0.15) is 52.8 Å². The summed E-state index contributed by atoms with van der Waals surface area (Å²) in [6, 6.07) is 16.6. The van der Waals surface area contributed by atoms with Crippen LogP contribution in [0.25, 0.3) is 27.7 Å². The van der Waals surface area contributed by atoms with Gasteiger partial charge < -0.3 is 10.1 Å². The lowest BCUT2D eigenvalue weighted by Crippen LogP contribution is -2.40. The molecular weight excluding hydrogens is 989 g/mol. The van der Waals surface area contributed by atoms with E-state index in [4.69, 9.17) is 21.3 Å². The average molecular weight is 1020 g/mol. The Hall–Kier alpha value is -4.83. The van der Waals surface area contributed by atoms with Gasteiger partial charge in [-0.25, -0.2) is 31.0 Å². The molecule has 0 radical (unpaired) electrons. The summed E-state index contributed by atoms with van der Waals surface area (Å²) in [7, 11) is -3.98. The highest BCUT2D eigenvalue weighted by atomic mass is 127. The number of benzene rings is 4. The van der Waals surface area contributed by atoms with Crippen LogP contribution in [0.5, 0.6) is 0 Å². The van der Waals surface area contributed by atoms with Crippen molar-refractivity contribution in [2.75, 3.05) is 26.3 Å². The molecule has 1 aliphatic heterocycles. The number of ether oxygens (including phenoxy) is 1. The van der Waals surface area contributed by atoms with E-state index in [-0.39, 0.29) is 71.2 Å². The van der Waals surface area contributed by atoms with E-state index in [1.54, 1.807) is 46.9 Å². The zero-order valence-electron chi connectivity index (χ0n) is 32.9. The zero-order chi connectivity index (χ0) is 44.7. The van der Waals surface area contributed by atoms with Gasteiger partial charge in [0, 0.05) is 47.6 Å². The van der Waals surface area contributed by atoms with E-state index in [1.807, 2.05) is 13.0 Å². The Morgan fingerprint density at radius 3 is 2.37 bits per heavy atom. The molecule has 1 amide bonds. The second kappa shape index (κ2) is 16.0. The average Bonchev–Trinajstić information content (AvgIpc) is 3.72. The van der Waals surface area contributed by atoms with Crippen LogP contribution < -0.4 is 10.9 Å². The molecule has 2 fully saturated rings. The van der Waals surface area contributed by atoms with E-state index in [2.05, 4.69) is 10.4 Å². The number of carbonyl (C=O) groups is 1. The first kappa shape index (κ1) is 43.4. The maximum absolute atomic E-state index is 15.7. The number of carbonyl (C=O) groups excluding carboxylic acids is 1. The molecule has 11 nitrogen and oxygen atoms in total. The zero-order valence-corrected chi connectivity index (χ0v) is 36.6. The van der Waals surface area contributed by atoms with Crippen molar-refractivity contribution in [1.82, 2.24) is 29.0 Å². The standard InChI is InChI=1S/C43H34ClF6IN6O5S/c1-22-2-8-29(31(44)14-22)24-3-9-30-32(18-24)53-40(57(41(30)59)27-4-6-28(7-5-27)63(60,61)55-10-12-62-13-11-55)33(17-23-15-25(45)19-26(46)16-23)52-35(58)21-56-38-36(37(54-56)39(47)48)42(51)20-34(42)43(38,49)50/h2-9,14-16,18-19,33-34,39H,10-13,17,20-21H2,1H3,(H,52,58)/t33-,34?,42?/m0/s1. The monoisotopic (exact) mass is 1020 g/mol. The van der Waals surface area contributed by atoms with Crippen LogP contribution in [-0.2, 0) is 41.9 Å². The molecule has 0 spiro atoms. The van der Waals surface area contributed by atoms with Gasteiger partial charge in [-0.05, 0) is 84.6 Å². The van der Waals surface area contributed by atoms with Gasteiger partial charge in [-0.3, -0.25) is 18.8 Å². The van der Waals surface area contributed by atoms with Gasteiger partial charge in [0.25, 0.3) is 17.9 Å². The molecule has 20 heteroatoms. The van der Waals surface area contributed by atoms with Crippen LogP contribution >= 0.6 is 34.2 Å². The summed E-state index contributed by atoms with van der Waals surface area (Å²) < 4.78 is 123. The lowest BCUT2D eigenvalue weighted by Gasteiger charge is -2.26. The summed E-state index contributed by atoms with van der Waals surface area (Å²) in [5.41, 5.74) is -0.413. The van der Waals surface area contributed by atoms with Gasteiger partial charge in [0.1, 0.15) is 35.4 Å². The van der Waals surface area contributed by atoms with Crippen LogP contribution in [0, 0.1) is 24.5 Å². The third-order valence-electron chi connectivity index (χ3n) is 11.6. The van der Waals surface area contributed by atoms with Crippen molar-refractivity contribution in [3.8, 4) is 16.8 Å². The molecule has 6 aromatic rings. The third kappa shape index (κ3) is 7.72. The molecule has 63 heavy (non-hydrogen) atoms. The molecule has 2 aromatic heterocycles. The van der Waals surface area contributed by atoms with E-state index in [1.165, 1.54) is 34.6 Å². The lowest BCUT2D eigenvalue weighted by atomic mass is 10.0. The molecule has 3 atom stereocenters. The molecule has 3 aliphatic rings. The quantitative estimate of drug-likeness (QED) is 0.0786. The second-order valence-electron chi connectivity index (χ2n) is 15.7. The SMILES string of the molecule is Cc1ccc(-c2ccc3c(=O)n(-c4ccc(S(=O)(=O)N5CCOCC5)cc4)c([C@H](Cc4cc(F)cc(F)c4)NC(=O)Cn4nc(C(F)F)c5c4C(F)(F)C4CC54I)nc3c2)c(Cl)c1. The molecule has 2 unspecified atom stereocenters. The highest BCUT2D eigenvalue weighted by Gasteiger charge is 2.75. The number of hydrogen-bond acceptors (Lipinski definition) is 7.